The van der Waals surface area contributed by atoms with E-state index in [0.717, 1.165) is 0 Å². The van der Waals surface area contributed by atoms with Crippen LogP contribution in [0.5, 0.6) is 23.0 Å². The van der Waals surface area contributed by atoms with Crippen molar-refractivity contribution in [3.8, 4) is 23.0 Å². The van der Waals surface area contributed by atoms with E-state index in [0.29, 0.717) is 23.0 Å². The molecule has 0 heterocycles. The summed E-state index contributed by atoms with van der Waals surface area (Å²) in [5.74, 6) is 2.30. The Morgan fingerprint density at radius 1 is 0.571 bits per heavy atom. The third-order valence-electron chi connectivity index (χ3n) is 4.37. The van der Waals surface area contributed by atoms with Gasteiger partial charge in [-0.15, -0.1) is 0 Å². The zero-order chi connectivity index (χ0) is 24.3. The normalized spacial score (nSPS) is 11.7. The van der Waals surface area contributed by atoms with Crippen molar-refractivity contribution in [3.05, 3.63) is 121 Å². The fourth-order valence-corrected chi connectivity index (χ4v) is 8.58. The second-order valence-corrected chi connectivity index (χ2v) is 12.2. The van der Waals surface area contributed by atoms with Crippen molar-refractivity contribution in [2.24, 2.45) is 15.5 Å². The zero-order valence-corrected chi connectivity index (χ0v) is 21.6. The van der Waals surface area contributed by atoms with Crippen molar-refractivity contribution in [1.29, 1.82) is 0 Å². The first-order valence-corrected chi connectivity index (χ1v) is 15.3. The molecule has 0 bridgehead atoms. The summed E-state index contributed by atoms with van der Waals surface area (Å²) in [7, 11) is -7.76. The summed E-state index contributed by atoms with van der Waals surface area (Å²) in [6, 6.07) is 37.1. The van der Waals surface area contributed by atoms with E-state index < -0.39 is 24.6 Å². The third-order valence-corrected chi connectivity index (χ3v) is 10.2. The van der Waals surface area contributed by atoms with Crippen molar-refractivity contribution in [1.82, 2.24) is 4.86 Å². The van der Waals surface area contributed by atoms with Crippen LogP contribution in [-0.2, 0) is 0 Å². The Labute approximate surface area is 207 Å². The molecule has 0 amide bonds. The Hall–Kier alpha value is -2.95. The number of para-hydroxylation sites is 4. The van der Waals surface area contributed by atoms with E-state index in [1.807, 2.05) is 121 Å². The molecule has 4 aromatic rings. The maximum atomic E-state index is 6.38. The second kappa shape index (κ2) is 12.7. The molecule has 0 atom stereocenters. The van der Waals surface area contributed by atoms with Gasteiger partial charge in [0.1, 0.15) is 0 Å². The second-order valence-electron chi connectivity index (χ2n) is 7.13. The predicted octanol–water partition coefficient (Wildman–Crippen LogP) is 6.67. The van der Waals surface area contributed by atoms with Crippen LogP contribution in [0.15, 0.2) is 126 Å². The van der Waals surface area contributed by atoms with Gasteiger partial charge in [-0.1, -0.05) is 0 Å². The van der Waals surface area contributed by atoms with E-state index in [-0.39, 0.29) is 0 Å². The molecule has 11 heteroatoms. The number of benzene rings is 4. The van der Waals surface area contributed by atoms with Gasteiger partial charge in [0.05, 0.1) is 0 Å². The SMILES string of the molecule is N[PH](N)=N[PH](NP(Oc1ccccc1)Oc1ccccc1)(Oc1ccccc1)Oc1ccccc1. The Morgan fingerprint density at radius 3 is 1.26 bits per heavy atom. The molecule has 0 spiro atoms. The molecule has 35 heavy (non-hydrogen) atoms. The van der Waals surface area contributed by atoms with E-state index in [2.05, 4.69) is 9.37 Å². The Morgan fingerprint density at radius 2 is 0.914 bits per heavy atom. The molecule has 0 radical (unpaired) electrons. The zero-order valence-electron chi connectivity index (χ0n) is 18.7. The van der Waals surface area contributed by atoms with Gasteiger partial charge in [-0.25, -0.2) is 0 Å². The van der Waals surface area contributed by atoms with Crippen LogP contribution in [0.1, 0.15) is 0 Å². The van der Waals surface area contributed by atoms with Crippen LogP contribution in [0, 0.1) is 0 Å². The van der Waals surface area contributed by atoms with Crippen LogP contribution < -0.4 is 34.0 Å². The predicted molar refractivity (Wildman–Crippen MR) is 146 cm³/mol. The average molecular weight is 528 g/mol. The number of nitrogens with zero attached hydrogens (tertiary/aromatic N) is 1. The summed E-state index contributed by atoms with van der Waals surface area (Å²) in [6.07, 6.45) is 0. The topological polar surface area (TPSA) is 113 Å². The molecule has 182 valence electrons. The number of hydrogen-bond donors (Lipinski definition) is 3. The Balaban J connectivity index is 1.73. The minimum atomic E-state index is -3.76. The summed E-state index contributed by atoms with van der Waals surface area (Å²) in [4.78, 5) is 3.31. The summed E-state index contributed by atoms with van der Waals surface area (Å²) in [5, 5.41) is 0. The van der Waals surface area contributed by atoms with Crippen molar-refractivity contribution in [3.63, 3.8) is 0 Å². The molecule has 4 rings (SSSR count). The van der Waals surface area contributed by atoms with Gasteiger partial charge in [0.2, 0.25) is 0 Å². The standard InChI is InChI=1S/C24H27N4O4P3/c25-33(26)27-35(31-23-17-9-3-10-18-23,32-24-19-11-4-12-20-24)28-34(29-21-13-5-1-6-14-21)30-22-15-7-2-8-16-22/h1-20,28,33,35H,(H4,25,26,27). The number of nitrogens with two attached hydrogens (primary N) is 2. The number of nitrogens with one attached hydrogen (secondary N) is 1. The van der Waals surface area contributed by atoms with Gasteiger partial charge < -0.3 is 0 Å². The van der Waals surface area contributed by atoms with Crippen LogP contribution in [0.3, 0.4) is 0 Å². The fourth-order valence-electron chi connectivity index (χ4n) is 2.94. The molecule has 0 aliphatic heterocycles. The van der Waals surface area contributed by atoms with Gasteiger partial charge in [0.25, 0.3) is 0 Å². The summed E-state index contributed by atoms with van der Waals surface area (Å²) >= 11 is 0. The number of rotatable bonds is 11. The molecular formula is C24H27N4O4P3. The van der Waals surface area contributed by atoms with Crippen molar-refractivity contribution in [2.75, 3.05) is 0 Å². The molecule has 0 fully saturated rings. The first-order valence-electron chi connectivity index (χ1n) is 10.7. The Bertz CT molecular complexity index is 1120. The van der Waals surface area contributed by atoms with E-state index in [1.165, 1.54) is 0 Å². The van der Waals surface area contributed by atoms with Gasteiger partial charge in [0, 0.05) is 0 Å². The molecule has 0 unspecified atom stereocenters. The van der Waals surface area contributed by atoms with E-state index in [9.17, 15) is 0 Å². The van der Waals surface area contributed by atoms with Gasteiger partial charge in [0.15, 0.2) is 0 Å². The summed E-state index contributed by atoms with van der Waals surface area (Å²) < 4.78 is 29.8. The molecule has 0 aliphatic rings. The quantitative estimate of drug-likeness (QED) is 0.186. The molecule has 0 aromatic heterocycles. The van der Waals surface area contributed by atoms with Gasteiger partial charge in [-0.3, -0.25) is 0 Å². The average Bonchev–Trinajstić information content (AvgIpc) is 2.86. The molecule has 0 saturated heterocycles. The molecule has 8 nitrogen and oxygen atoms in total. The monoisotopic (exact) mass is 528 g/mol. The van der Waals surface area contributed by atoms with Crippen LogP contribution in [0.25, 0.3) is 0 Å². The first kappa shape index (κ1) is 25.2. The Kier molecular flexibility index (Phi) is 9.10. The molecule has 0 saturated carbocycles. The first-order chi connectivity index (χ1) is 17.1. The van der Waals surface area contributed by atoms with Crippen molar-refractivity contribution < 1.29 is 18.1 Å². The summed E-state index contributed by atoms with van der Waals surface area (Å²) in [5.41, 5.74) is 12.1. The number of hydrogen-bond acceptors (Lipinski definition) is 6. The van der Waals surface area contributed by atoms with Crippen LogP contribution in [-0.4, -0.2) is 0 Å². The van der Waals surface area contributed by atoms with Gasteiger partial charge in [-0.2, -0.15) is 0 Å². The van der Waals surface area contributed by atoms with Crippen molar-refractivity contribution >= 4 is 24.6 Å². The molecule has 4 aromatic carbocycles. The van der Waals surface area contributed by atoms with Crippen LogP contribution >= 0.6 is 24.6 Å². The van der Waals surface area contributed by atoms with E-state index in [1.54, 1.807) is 0 Å². The maximum absolute atomic E-state index is 6.38. The van der Waals surface area contributed by atoms with Crippen LogP contribution in [0.2, 0.25) is 0 Å². The molecular weight excluding hydrogens is 501 g/mol. The summed E-state index contributed by atoms with van der Waals surface area (Å²) in [6.45, 7) is 0. The minimum absolute atomic E-state index is 0.545. The molecule has 5 N–H and O–H groups in total. The van der Waals surface area contributed by atoms with Crippen molar-refractivity contribution in [2.45, 2.75) is 0 Å². The third kappa shape index (κ3) is 8.05. The van der Waals surface area contributed by atoms with Gasteiger partial charge in [-0.05, 0) is 0 Å². The van der Waals surface area contributed by atoms with Crippen LogP contribution in [0.4, 0.5) is 0 Å². The van der Waals surface area contributed by atoms with E-state index in [4.69, 9.17) is 29.1 Å². The molecule has 0 aliphatic carbocycles. The van der Waals surface area contributed by atoms with E-state index >= 15 is 0 Å². The van der Waals surface area contributed by atoms with Gasteiger partial charge >= 0.3 is 207 Å². The fraction of sp³-hybridized carbons (Fsp3) is 0.